The SMILES string of the molecule is CC(Sc1nc2sc3c(c2c(=O)n1C)CCCC3)C(=O)Nc1cc(Cl)cc(Cl)c1. The van der Waals surface area contributed by atoms with Gasteiger partial charge in [0, 0.05) is 27.7 Å². The van der Waals surface area contributed by atoms with Crippen molar-refractivity contribution < 1.29 is 4.79 Å². The van der Waals surface area contributed by atoms with E-state index < -0.39 is 5.25 Å². The molecule has 29 heavy (non-hydrogen) atoms. The van der Waals surface area contributed by atoms with Crippen LogP contribution in [0, 0.1) is 0 Å². The molecule has 3 aromatic rings. The van der Waals surface area contributed by atoms with Crippen molar-refractivity contribution in [3.8, 4) is 0 Å². The Morgan fingerprint density at radius 2 is 1.93 bits per heavy atom. The molecule has 0 saturated heterocycles. The topological polar surface area (TPSA) is 64.0 Å². The van der Waals surface area contributed by atoms with Gasteiger partial charge in [-0.05, 0) is 56.4 Å². The van der Waals surface area contributed by atoms with E-state index >= 15 is 0 Å². The Morgan fingerprint density at radius 1 is 1.24 bits per heavy atom. The van der Waals surface area contributed by atoms with Crippen molar-refractivity contribution in [2.24, 2.45) is 7.05 Å². The average molecular weight is 468 g/mol. The molecule has 0 saturated carbocycles. The maximum absolute atomic E-state index is 13.0. The summed E-state index contributed by atoms with van der Waals surface area (Å²) < 4.78 is 1.55. The summed E-state index contributed by atoms with van der Waals surface area (Å²) in [5, 5.41) is 4.54. The third-order valence-electron chi connectivity index (χ3n) is 4.94. The van der Waals surface area contributed by atoms with E-state index in [1.54, 1.807) is 48.1 Å². The predicted octanol–water partition coefficient (Wildman–Crippen LogP) is 5.30. The molecular formula is C20H19Cl2N3O2S2. The Hall–Kier alpha value is -1.54. The number of rotatable bonds is 4. The Kier molecular flexibility index (Phi) is 5.93. The molecule has 1 N–H and O–H groups in total. The van der Waals surface area contributed by atoms with Crippen molar-refractivity contribution in [2.75, 3.05) is 5.32 Å². The molecule has 0 fully saturated rings. The summed E-state index contributed by atoms with van der Waals surface area (Å²) in [6, 6.07) is 4.88. The van der Waals surface area contributed by atoms with Crippen molar-refractivity contribution in [3.05, 3.63) is 49.0 Å². The smallest absolute Gasteiger partial charge is 0.262 e. The molecule has 1 unspecified atom stereocenters. The number of anilines is 1. The van der Waals surface area contributed by atoms with Gasteiger partial charge < -0.3 is 5.32 Å². The number of halogens is 2. The number of nitrogens with zero attached hydrogens (tertiary/aromatic N) is 2. The molecule has 0 radical (unpaired) electrons. The number of thioether (sulfide) groups is 1. The van der Waals surface area contributed by atoms with Gasteiger partial charge in [0.05, 0.1) is 10.6 Å². The van der Waals surface area contributed by atoms with Gasteiger partial charge in [0.2, 0.25) is 5.91 Å². The van der Waals surface area contributed by atoms with E-state index in [9.17, 15) is 9.59 Å². The number of aromatic nitrogens is 2. The molecule has 0 spiro atoms. The maximum Gasteiger partial charge on any atom is 0.262 e. The van der Waals surface area contributed by atoms with Crippen molar-refractivity contribution in [3.63, 3.8) is 0 Å². The monoisotopic (exact) mass is 467 g/mol. The predicted molar refractivity (Wildman–Crippen MR) is 122 cm³/mol. The zero-order chi connectivity index (χ0) is 20.7. The molecule has 1 amide bonds. The summed E-state index contributed by atoms with van der Waals surface area (Å²) in [5.41, 5.74) is 1.67. The second-order valence-corrected chi connectivity index (χ2v) is 10.3. The van der Waals surface area contributed by atoms with Crippen molar-refractivity contribution in [1.29, 1.82) is 0 Å². The molecule has 1 aromatic carbocycles. The van der Waals surface area contributed by atoms with E-state index in [0.717, 1.165) is 35.9 Å². The lowest BCUT2D eigenvalue weighted by Gasteiger charge is -2.14. The second kappa shape index (κ2) is 8.30. The van der Waals surface area contributed by atoms with Crippen LogP contribution in [0.2, 0.25) is 10.0 Å². The lowest BCUT2D eigenvalue weighted by Crippen LogP contribution is -2.25. The van der Waals surface area contributed by atoms with E-state index in [-0.39, 0.29) is 11.5 Å². The minimum absolute atomic E-state index is 0.0360. The molecule has 1 aliphatic carbocycles. The number of hydrogen-bond acceptors (Lipinski definition) is 5. The van der Waals surface area contributed by atoms with Crippen LogP contribution < -0.4 is 10.9 Å². The summed E-state index contributed by atoms with van der Waals surface area (Å²) >= 11 is 14.9. The summed E-state index contributed by atoms with van der Waals surface area (Å²) in [5.74, 6) is -0.215. The molecule has 5 nitrogen and oxygen atoms in total. The van der Waals surface area contributed by atoms with E-state index in [1.165, 1.54) is 22.2 Å². The molecule has 152 valence electrons. The number of carbonyl (C=O) groups excluding carboxylic acids is 1. The highest BCUT2D eigenvalue weighted by molar-refractivity contribution is 8.00. The van der Waals surface area contributed by atoms with Crippen molar-refractivity contribution >= 4 is 68.1 Å². The van der Waals surface area contributed by atoms with E-state index in [0.29, 0.717) is 20.9 Å². The van der Waals surface area contributed by atoms with Crippen LogP contribution in [0.1, 0.15) is 30.2 Å². The lowest BCUT2D eigenvalue weighted by molar-refractivity contribution is -0.115. The number of fused-ring (bicyclic) bond motifs is 3. The molecular weight excluding hydrogens is 449 g/mol. The first-order valence-corrected chi connectivity index (χ1v) is 11.7. The highest BCUT2D eigenvalue weighted by atomic mass is 35.5. The summed E-state index contributed by atoms with van der Waals surface area (Å²) in [7, 11) is 1.71. The zero-order valence-corrected chi connectivity index (χ0v) is 19.1. The standard InChI is InChI=1S/C20H19Cl2N3O2S2/c1-10(17(26)23-13-8-11(21)7-12(22)9-13)28-20-24-18-16(19(27)25(20)2)14-5-3-4-6-15(14)29-18/h7-10H,3-6H2,1-2H3,(H,23,26). The first-order valence-electron chi connectivity index (χ1n) is 9.28. The Labute approximate surface area is 186 Å². The van der Waals surface area contributed by atoms with Gasteiger partial charge in [0.25, 0.3) is 5.56 Å². The van der Waals surface area contributed by atoms with Crippen LogP contribution >= 0.6 is 46.3 Å². The van der Waals surface area contributed by atoms with Crippen molar-refractivity contribution in [1.82, 2.24) is 9.55 Å². The molecule has 4 rings (SSSR count). The number of nitrogens with one attached hydrogen (secondary N) is 1. The summed E-state index contributed by atoms with van der Waals surface area (Å²) in [6.45, 7) is 1.78. The molecule has 0 aliphatic heterocycles. The minimum Gasteiger partial charge on any atom is -0.325 e. The molecule has 2 heterocycles. The first-order chi connectivity index (χ1) is 13.8. The normalized spacial score (nSPS) is 14.6. The molecule has 0 bridgehead atoms. The number of amides is 1. The fourth-order valence-corrected chi connectivity index (χ4v) is 6.16. The van der Waals surface area contributed by atoms with Crippen LogP contribution in [0.5, 0.6) is 0 Å². The first kappa shape index (κ1) is 20.7. The second-order valence-electron chi connectivity index (χ2n) is 7.06. The van der Waals surface area contributed by atoms with E-state index in [4.69, 9.17) is 28.2 Å². The molecule has 1 aliphatic rings. The van der Waals surface area contributed by atoms with Crippen LogP contribution in [0.3, 0.4) is 0 Å². The van der Waals surface area contributed by atoms with Crippen LogP contribution in [0.15, 0.2) is 28.2 Å². The van der Waals surface area contributed by atoms with Crippen LogP contribution in [0.4, 0.5) is 5.69 Å². The highest BCUT2D eigenvalue weighted by Crippen LogP contribution is 2.35. The zero-order valence-electron chi connectivity index (χ0n) is 15.9. The summed E-state index contributed by atoms with van der Waals surface area (Å²) in [4.78, 5) is 32.4. The molecule has 9 heteroatoms. The van der Waals surface area contributed by atoms with E-state index in [1.807, 2.05) is 0 Å². The van der Waals surface area contributed by atoms with Gasteiger partial charge in [0.15, 0.2) is 5.16 Å². The van der Waals surface area contributed by atoms with Gasteiger partial charge in [-0.2, -0.15) is 0 Å². The average Bonchev–Trinajstić information content (AvgIpc) is 3.03. The number of thiophene rings is 1. The fourth-order valence-electron chi connectivity index (χ4n) is 3.45. The van der Waals surface area contributed by atoms with Gasteiger partial charge >= 0.3 is 0 Å². The van der Waals surface area contributed by atoms with Gasteiger partial charge in [-0.25, -0.2) is 4.98 Å². The number of carbonyl (C=O) groups is 1. The Morgan fingerprint density at radius 3 is 2.66 bits per heavy atom. The lowest BCUT2D eigenvalue weighted by atomic mass is 9.97. The Balaban J connectivity index is 1.59. The molecule has 1 atom stereocenters. The van der Waals surface area contributed by atoms with E-state index in [2.05, 4.69) is 5.32 Å². The minimum atomic E-state index is -0.460. The third kappa shape index (κ3) is 4.19. The van der Waals surface area contributed by atoms with Gasteiger partial charge in [0.1, 0.15) is 4.83 Å². The molecule has 2 aromatic heterocycles. The van der Waals surface area contributed by atoms with Crippen LogP contribution in [-0.2, 0) is 24.7 Å². The third-order valence-corrected chi connectivity index (χ3v) is 7.70. The highest BCUT2D eigenvalue weighted by Gasteiger charge is 2.23. The van der Waals surface area contributed by atoms with Gasteiger partial charge in [-0.1, -0.05) is 35.0 Å². The quantitative estimate of drug-likeness (QED) is 0.417. The van der Waals surface area contributed by atoms with Gasteiger partial charge in [-0.3, -0.25) is 14.2 Å². The van der Waals surface area contributed by atoms with Gasteiger partial charge in [-0.15, -0.1) is 11.3 Å². The van der Waals surface area contributed by atoms with Crippen molar-refractivity contribution in [2.45, 2.75) is 43.0 Å². The maximum atomic E-state index is 13.0. The number of hydrogen-bond donors (Lipinski definition) is 1. The van der Waals surface area contributed by atoms with Crippen LogP contribution in [-0.4, -0.2) is 20.7 Å². The Bertz CT molecular complexity index is 1150. The fraction of sp³-hybridized carbons (Fsp3) is 0.350. The number of benzene rings is 1. The largest absolute Gasteiger partial charge is 0.325 e. The summed E-state index contributed by atoms with van der Waals surface area (Å²) in [6.07, 6.45) is 4.23. The van der Waals surface area contributed by atoms with Crippen LogP contribution in [0.25, 0.3) is 10.2 Å². The number of aryl methyl sites for hydroxylation is 2.